The highest BCUT2D eigenvalue weighted by Crippen LogP contribution is 2.17. The SMILES string of the molecule is Cc1ccc(C)c(NC(=O)C(=O)N2CCN(C(=O)c3ccco3)CC2)c1. The fraction of sp³-hybridized carbons (Fsp3) is 0.316. The van der Waals surface area contributed by atoms with Crippen LogP contribution in [-0.2, 0) is 9.59 Å². The molecule has 0 atom stereocenters. The molecule has 0 saturated carbocycles. The second kappa shape index (κ2) is 7.43. The molecule has 0 unspecified atom stereocenters. The minimum absolute atomic E-state index is 0.207. The summed E-state index contributed by atoms with van der Waals surface area (Å²) in [6, 6.07) is 8.94. The maximum absolute atomic E-state index is 12.4. The standard InChI is InChI=1S/C19H21N3O4/c1-13-5-6-14(2)15(12-13)20-17(23)19(25)22-9-7-21(8-10-22)18(24)16-4-3-11-26-16/h3-6,11-12H,7-10H2,1-2H3,(H,20,23). The van der Waals surface area contributed by atoms with Crippen LogP contribution in [0.5, 0.6) is 0 Å². The molecule has 136 valence electrons. The third-order valence-electron chi connectivity index (χ3n) is 4.42. The molecule has 1 aliphatic rings. The number of piperazine rings is 1. The Hall–Kier alpha value is -3.09. The Kier molecular flexibility index (Phi) is 5.06. The molecule has 1 aromatic carbocycles. The van der Waals surface area contributed by atoms with E-state index < -0.39 is 11.8 Å². The molecule has 1 saturated heterocycles. The van der Waals surface area contributed by atoms with Crippen LogP contribution >= 0.6 is 0 Å². The van der Waals surface area contributed by atoms with Gasteiger partial charge in [-0.25, -0.2) is 0 Å². The van der Waals surface area contributed by atoms with E-state index in [0.717, 1.165) is 11.1 Å². The van der Waals surface area contributed by atoms with Crippen LogP contribution in [0.3, 0.4) is 0 Å². The van der Waals surface area contributed by atoms with Gasteiger partial charge in [-0.2, -0.15) is 0 Å². The van der Waals surface area contributed by atoms with Gasteiger partial charge < -0.3 is 19.5 Å². The van der Waals surface area contributed by atoms with E-state index in [1.807, 2.05) is 32.0 Å². The second-order valence-electron chi connectivity index (χ2n) is 6.33. The van der Waals surface area contributed by atoms with Crippen LogP contribution in [0.25, 0.3) is 0 Å². The van der Waals surface area contributed by atoms with Crippen molar-refractivity contribution in [3.05, 3.63) is 53.5 Å². The van der Waals surface area contributed by atoms with Crippen LogP contribution in [-0.4, -0.2) is 53.7 Å². The zero-order valence-corrected chi connectivity index (χ0v) is 14.8. The van der Waals surface area contributed by atoms with Gasteiger partial charge in [-0.15, -0.1) is 0 Å². The zero-order chi connectivity index (χ0) is 18.7. The third kappa shape index (κ3) is 3.77. The van der Waals surface area contributed by atoms with Crippen molar-refractivity contribution in [2.45, 2.75) is 13.8 Å². The third-order valence-corrected chi connectivity index (χ3v) is 4.42. The topological polar surface area (TPSA) is 82.9 Å². The summed E-state index contributed by atoms with van der Waals surface area (Å²) in [5, 5.41) is 2.68. The van der Waals surface area contributed by atoms with Gasteiger partial charge in [-0.3, -0.25) is 14.4 Å². The summed E-state index contributed by atoms with van der Waals surface area (Å²) in [6.45, 7) is 5.14. The van der Waals surface area contributed by atoms with E-state index in [1.165, 1.54) is 11.2 Å². The Balaban J connectivity index is 1.57. The van der Waals surface area contributed by atoms with Crippen LogP contribution in [0.15, 0.2) is 41.0 Å². The van der Waals surface area contributed by atoms with Gasteiger partial charge in [0.05, 0.1) is 6.26 Å². The van der Waals surface area contributed by atoms with E-state index in [0.29, 0.717) is 31.9 Å². The molecule has 0 aliphatic carbocycles. The molecule has 26 heavy (non-hydrogen) atoms. The molecule has 7 nitrogen and oxygen atoms in total. The minimum Gasteiger partial charge on any atom is -0.459 e. The van der Waals surface area contributed by atoms with Crippen molar-refractivity contribution in [1.82, 2.24) is 9.80 Å². The molecule has 0 spiro atoms. The zero-order valence-electron chi connectivity index (χ0n) is 14.8. The van der Waals surface area contributed by atoms with Crippen LogP contribution < -0.4 is 5.32 Å². The van der Waals surface area contributed by atoms with Gasteiger partial charge in [0.2, 0.25) is 0 Å². The van der Waals surface area contributed by atoms with E-state index in [1.54, 1.807) is 17.0 Å². The molecule has 7 heteroatoms. The predicted molar refractivity (Wildman–Crippen MR) is 95.7 cm³/mol. The number of carbonyl (C=O) groups excluding carboxylic acids is 3. The average Bonchev–Trinajstić information content (AvgIpc) is 3.18. The van der Waals surface area contributed by atoms with Gasteiger partial charge >= 0.3 is 11.8 Å². The number of furan rings is 1. The molecule has 0 bridgehead atoms. The summed E-state index contributed by atoms with van der Waals surface area (Å²) in [5.41, 5.74) is 2.53. The van der Waals surface area contributed by atoms with E-state index in [-0.39, 0.29) is 11.7 Å². The number of hydrogen-bond acceptors (Lipinski definition) is 4. The summed E-state index contributed by atoms with van der Waals surface area (Å²) in [4.78, 5) is 40.0. The molecule has 1 fully saturated rings. The summed E-state index contributed by atoms with van der Waals surface area (Å²) in [5.74, 6) is -1.18. The number of benzene rings is 1. The lowest BCUT2D eigenvalue weighted by atomic mass is 10.1. The van der Waals surface area contributed by atoms with Gasteiger partial charge in [0.1, 0.15) is 0 Å². The highest BCUT2D eigenvalue weighted by molar-refractivity contribution is 6.39. The summed E-state index contributed by atoms with van der Waals surface area (Å²) in [7, 11) is 0. The Morgan fingerprint density at radius 3 is 2.35 bits per heavy atom. The Morgan fingerprint density at radius 2 is 1.69 bits per heavy atom. The lowest BCUT2D eigenvalue weighted by molar-refractivity contribution is -0.144. The molecule has 0 radical (unpaired) electrons. The summed E-state index contributed by atoms with van der Waals surface area (Å²) >= 11 is 0. The fourth-order valence-electron chi connectivity index (χ4n) is 2.86. The smallest absolute Gasteiger partial charge is 0.313 e. The van der Waals surface area contributed by atoms with Crippen molar-refractivity contribution in [2.75, 3.05) is 31.5 Å². The number of aryl methyl sites for hydroxylation is 2. The molecule has 1 aliphatic heterocycles. The van der Waals surface area contributed by atoms with Gasteiger partial charge in [-0.05, 0) is 43.2 Å². The normalized spacial score (nSPS) is 14.2. The molecule has 1 N–H and O–H groups in total. The van der Waals surface area contributed by atoms with E-state index in [9.17, 15) is 14.4 Å². The number of anilines is 1. The molecule has 3 rings (SSSR count). The quantitative estimate of drug-likeness (QED) is 0.833. The first-order chi connectivity index (χ1) is 12.5. The number of amides is 3. The van der Waals surface area contributed by atoms with Gasteiger partial charge in [-0.1, -0.05) is 12.1 Å². The molecule has 2 heterocycles. The second-order valence-corrected chi connectivity index (χ2v) is 6.33. The highest BCUT2D eigenvalue weighted by atomic mass is 16.3. The Bertz CT molecular complexity index is 821. The number of nitrogens with zero attached hydrogens (tertiary/aromatic N) is 2. The highest BCUT2D eigenvalue weighted by Gasteiger charge is 2.29. The van der Waals surface area contributed by atoms with Crippen LogP contribution in [0, 0.1) is 13.8 Å². The minimum atomic E-state index is -0.662. The number of rotatable bonds is 2. The molecule has 2 aromatic rings. The Morgan fingerprint density at radius 1 is 1.00 bits per heavy atom. The van der Waals surface area contributed by atoms with Crippen LogP contribution in [0.4, 0.5) is 5.69 Å². The van der Waals surface area contributed by atoms with Gasteiger partial charge in [0.25, 0.3) is 5.91 Å². The van der Waals surface area contributed by atoms with Crippen molar-refractivity contribution in [3.63, 3.8) is 0 Å². The number of nitrogens with one attached hydrogen (secondary N) is 1. The molecular weight excluding hydrogens is 334 g/mol. The van der Waals surface area contributed by atoms with E-state index >= 15 is 0 Å². The number of carbonyl (C=O) groups is 3. The van der Waals surface area contributed by atoms with Crippen molar-refractivity contribution in [3.8, 4) is 0 Å². The summed E-state index contributed by atoms with van der Waals surface area (Å²) < 4.78 is 5.11. The van der Waals surface area contributed by atoms with E-state index in [2.05, 4.69) is 5.32 Å². The van der Waals surface area contributed by atoms with Gasteiger partial charge in [0, 0.05) is 31.9 Å². The summed E-state index contributed by atoms with van der Waals surface area (Å²) in [6.07, 6.45) is 1.45. The van der Waals surface area contributed by atoms with Crippen LogP contribution in [0.1, 0.15) is 21.7 Å². The average molecular weight is 355 g/mol. The maximum Gasteiger partial charge on any atom is 0.313 e. The Labute approximate surface area is 151 Å². The van der Waals surface area contributed by atoms with Crippen LogP contribution in [0.2, 0.25) is 0 Å². The monoisotopic (exact) mass is 355 g/mol. The maximum atomic E-state index is 12.4. The number of hydrogen-bond donors (Lipinski definition) is 1. The van der Waals surface area contributed by atoms with Crippen molar-refractivity contribution < 1.29 is 18.8 Å². The predicted octanol–water partition coefficient (Wildman–Crippen LogP) is 1.82. The molecular formula is C19H21N3O4. The van der Waals surface area contributed by atoms with E-state index in [4.69, 9.17) is 4.42 Å². The fourth-order valence-corrected chi connectivity index (χ4v) is 2.86. The van der Waals surface area contributed by atoms with Crippen molar-refractivity contribution in [1.29, 1.82) is 0 Å². The molecule has 3 amide bonds. The first kappa shape index (κ1) is 17.7. The first-order valence-corrected chi connectivity index (χ1v) is 8.46. The lowest BCUT2D eigenvalue weighted by Crippen LogP contribution is -2.53. The first-order valence-electron chi connectivity index (χ1n) is 8.46. The van der Waals surface area contributed by atoms with Crippen molar-refractivity contribution in [2.24, 2.45) is 0 Å². The largest absolute Gasteiger partial charge is 0.459 e. The van der Waals surface area contributed by atoms with Gasteiger partial charge in [0.15, 0.2) is 5.76 Å². The van der Waals surface area contributed by atoms with Crippen molar-refractivity contribution >= 4 is 23.4 Å². The molecule has 1 aromatic heterocycles. The lowest BCUT2D eigenvalue weighted by Gasteiger charge is -2.33.